The molecule has 1 aliphatic heterocycles. The van der Waals surface area contributed by atoms with Gasteiger partial charge >= 0.3 is 0 Å². The maximum absolute atomic E-state index is 10.2. The van der Waals surface area contributed by atoms with E-state index >= 15 is 0 Å². The van der Waals surface area contributed by atoms with Gasteiger partial charge in [-0.3, -0.25) is 4.57 Å². The molecule has 1 fully saturated rings. The molecule has 148 valence electrons. The number of rotatable bonds is 5. The second-order valence-corrected chi connectivity index (χ2v) is 7.23. The van der Waals surface area contributed by atoms with Gasteiger partial charge in [-0.15, -0.1) is 0 Å². The third-order valence-corrected chi connectivity index (χ3v) is 5.31. The molecule has 2 aromatic heterocycles. The van der Waals surface area contributed by atoms with Gasteiger partial charge in [0, 0.05) is 12.1 Å². The molecule has 3 aromatic rings. The Balaban J connectivity index is 1.61. The molecule has 0 amide bonds. The van der Waals surface area contributed by atoms with Crippen LogP contribution >= 0.6 is 15.9 Å². The quantitative estimate of drug-likeness (QED) is 0.374. The van der Waals surface area contributed by atoms with E-state index in [1.807, 2.05) is 6.07 Å². The minimum absolute atomic E-state index is 0.136. The van der Waals surface area contributed by atoms with Crippen molar-refractivity contribution < 1.29 is 25.2 Å². The highest BCUT2D eigenvalue weighted by Crippen LogP contribution is 2.32. The van der Waals surface area contributed by atoms with Gasteiger partial charge in [0.1, 0.15) is 30.4 Å². The molecule has 1 aromatic carbocycles. The van der Waals surface area contributed by atoms with Crippen molar-refractivity contribution >= 4 is 32.9 Å². The van der Waals surface area contributed by atoms with E-state index in [9.17, 15) is 20.4 Å². The fourth-order valence-corrected chi connectivity index (χ4v) is 3.57. The zero-order valence-corrected chi connectivity index (χ0v) is 16.1. The fourth-order valence-electron chi connectivity index (χ4n) is 3.16. The summed E-state index contributed by atoms with van der Waals surface area (Å²) in [6, 6.07) is 5.33. The summed E-state index contributed by atoms with van der Waals surface area (Å²) in [5.74, 6) is 0.576. The van der Waals surface area contributed by atoms with Crippen LogP contribution in [0.2, 0.25) is 0 Å². The molecule has 5 N–H and O–H groups in total. The number of phenolic OH excluding ortho intramolecular Hbond substituents is 1. The van der Waals surface area contributed by atoms with E-state index in [0.717, 1.165) is 0 Å². The van der Waals surface area contributed by atoms with Crippen molar-refractivity contribution in [2.24, 2.45) is 0 Å². The first kappa shape index (κ1) is 19.0. The van der Waals surface area contributed by atoms with Crippen LogP contribution in [0.25, 0.3) is 11.2 Å². The van der Waals surface area contributed by atoms with Crippen LogP contribution in [0.1, 0.15) is 11.8 Å². The number of hydrogen-bond donors (Lipinski definition) is 5. The molecule has 11 heteroatoms. The Hall–Kier alpha value is -2.31. The Morgan fingerprint density at radius 2 is 2.00 bits per heavy atom. The summed E-state index contributed by atoms with van der Waals surface area (Å²) in [5.41, 5.74) is 1.50. The van der Waals surface area contributed by atoms with Crippen molar-refractivity contribution in [3.05, 3.63) is 40.9 Å². The summed E-state index contributed by atoms with van der Waals surface area (Å²) in [4.78, 5) is 12.7. The molecule has 10 nitrogen and oxygen atoms in total. The van der Waals surface area contributed by atoms with E-state index in [0.29, 0.717) is 33.6 Å². The Labute approximate surface area is 167 Å². The van der Waals surface area contributed by atoms with Crippen LogP contribution in [0, 0.1) is 0 Å². The van der Waals surface area contributed by atoms with Gasteiger partial charge in [0.15, 0.2) is 23.2 Å². The van der Waals surface area contributed by atoms with Crippen LogP contribution in [-0.2, 0) is 11.3 Å². The van der Waals surface area contributed by atoms with Gasteiger partial charge in [0.05, 0.1) is 17.4 Å². The minimum atomic E-state index is -1.24. The molecular weight excluding hydrogens is 434 g/mol. The number of para-hydroxylation sites is 1. The van der Waals surface area contributed by atoms with Gasteiger partial charge in [-0.1, -0.05) is 12.1 Å². The second kappa shape index (κ2) is 7.60. The van der Waals surface area contributed by atoms with Crippen LogP contribution < -0.4 is 5.32 Å². The average Bonchev–Trinajstić information content (AvgIpc) is 3.25. The number of nitrogens with one attached hydrogen (secondary N) is 1. The fraction of sp³-hybridized carbons (Fsp3) is 0.353. The van der Waals surface area contributed by atoms with Crippen molar-refractivity contribution in [1.82, 2.24) is 19.5 Å². The van der Waals surface area contributed by atoms with Crippen molar-refractivity contribution in [3.63, 3.8) is 0 Å². The van der Waals surface area contributed by atoms with Gasteiger partial charge in [-0.25, -0.2) is 15.0 Å². The first-order chi connectivity index (χ1) is 13.5. The zero-order chi connectivity index (χ0) is 19.8. The maximum atomic E-state index is 10.2. The van der Waals surface area contributed by atoms with Crippen LogP contribution in [0.3, 0.4) is 0 Å². The normalized spacial score (nSPS) is 24.7. The molecule has 1 aliphatic rings. The molecule has 0 saturated carbocycles. The van der Waals surface area contributed by atoms with E-state index < -0.39 is 31.1 Å². The summed E-state index contributed by atoms with van der Waals surface area (Å²) < 4.78 is 7.62. The van der Waals surface area contributed by atoms with Gasteiger partial charge in [0.25, 0.3) is 0 Å². The van der Waals surface area contributed by atoms with Gasteiger partial charge in [-0.2, -0.15) is 0 Å². The van der Waals surface area contributed by atoms with E-state index in [2.05, 4.69) is 36.2 Å². The Morgan fingerprint density at radius 3 is 2.75 bits per heavy atom. The molecule has 0 unspecified atom stereocenters. The third kappa shape index (κ3) is 3.20. The lowest BCUT2D eigenvalue weighted by Crippen LogP contribution is -2.33. The highest BCUT2D eigenvalue weighted by molar-refractivity contribution is 9.10. The molecule has 28 heavy (non-hydrogen) atoms. The first-order valence-electron chi connectivity index (χ1n) is 8.51. The number of halogens is 1. The lowest BCUT2D eigenvalue weighted by atomic mass is 10.1. The number of imidazole rings is 1. The predicted octanol–water partition coefficient (Wildman–Crippen LogP) is 0.518. The number of aliphatic hydroxyl groups is 3. The molecule has 0 radical (unpaired) electrons. The average molecular weight is 452 g/mol. The number of aromatic nitrogens is 4. The SMILES string of the molecule is OC[C@H]1O[C@@H](n2cnc3c(NCc4cccc(Br)c4O)ncnc32)[C@@H](O)[C@@H]1O. The minimum Gasteiger partial charge on any atom is -0.506 e. The number of anilines is 1. The Morgan fingerprint density at radius 1 is 1.18 bits per heavy atom. The first-order valence-corrected chi connectivity index (χ1v) is 9.30. The van der Waals surface area contributed by atoms with Crippen LogP contribution in [-0.4, -0.2) is 64.9 Å². The smallest absolute Gasteiger partial charge is 0.167 e. The van der Waals surface area contributed by atoms with Gasteiger partial charge < -0.3 is 30.5 Å². The van der Waals surface area contributed by atoms with Crippen LogP contribution in [0.15, 0.2) is 35.3 Å². The number of aromatic hydroxyl groups is 1. The van der Waals surface area contributed by atoms with Gasteiger partial charge in [-0.05, 0) is 22.0 Å². The van der Waals surface area contributed by atoms with Crippen LogP contribution in [0.5, 0.6) is 5.75 Å². The summed E-state index contributed by atoms with van der Waals surface area (Å²) in [7, 11) is 0. The largest absolute Gasteiger partial charge is 0.506 e. The number of fused-ring (bicyclic) bond motifs is 1. The van der Waals surface area contributed by atoms with E-state index in [1.54, 1.807) is 12.1 Å². The summed E-state index contributed by atoms with van der Waals surface area (Å²) in [6.07, 6.45) is -1.51. The number of ether oxygens (including phenoxy) is 1. The van der Waals surface area contributed by atoms with Crippen molar-refractivity contribution in [2.75, 3.05) is 11.9 Å². The standard InChI is InChI=1S/C17H18BrN5O5/c18-9-3-1-2-8(12(9)25)4-19-15-11-16(21-6-20-15)23(7-22-11)17-14(27)13(26)10(5-24)28-17/h1-3,6-7,10,13-14,17,24-27H,4-5H2,(H,19,20,21)/t10-,13-,14+,17-/m1/s1. The zero-order valence-electron chi connectivity index (χ0n) is 14.5. The third-order valence-electron chi connectivity index (χ3n) is 4.67. The molecule has 3 heterocycles. The topological polar surface area (TPSA) is 146 Å². The number of aliphatic hydroxyl groups excluding tert-OH is 3. The number of phenols is 1. The maximum Gasteiger partial charge on any atom is 0.167 e. The van der Waals surface area contributed by atoms with Crippen LogP contribution in [0.4, 0.5) is 5.82 Å². The molecule has 0 spiro atoms. The van der Waals surface area contributed by atoms with Crippen molar-refractivity contribution in [1.29, 1.82) is 0 Å². The summed E-state index contributed by atoms with van der Waals surface area (Å²) in [5, 5.41) is 42.7. The lowest BCUT2D eigenvalue weighted by molar-refractivity contribution is -0.0511. The Kier molecular flexibility index (Phi) is 5.17. The second-order valence-electron chi connectivity index (χ2n) is 6.38. The molecule has 1 saturated heterocycles. The monoisotopic (exact) mass is 451 g/mol. The highest BCUT2D eigenvalue weighted by atomic mass is 79.9. The van der Waals surface area contributed by atoms with E-state index in [-0.39, 0.29) is 5.75 Å². The number of nitrogens with zero attached hydrogens (tertiary/aromatic N) is 4. The molecule has 4 rings (SSSR count). The number of hydrogen-bond acceptors (Lipinski definition) is 9. The van der Waals surface area contributed by atoms with Gasteiger partial charge in [0.2, 0.25) is 0 Å². The summed E-state index contributed by atoms with van der Waals surface area (Å²) >= 11 is 3.28. The van der Waals surface area contributed by atoms with Crippen molar-refractivity contribution in [3.8, 4) is 5.75 Å². The predicted molar refractivity (Wildman–Crippen MR) is 101 cm³/mol. The Bertz CT molecular complexity index is 999. The summed E-state index contributed by atoms with van der Waals surface area (Å²) in [6.45, 7) is -0.114. The van der Waals surface area contributed by atoms with Crippen molar-refractivity contribution in [2.45, 2.75) is 31.1 Å². The van der Waals surface area contributed by atoms with E-state index in [4.69, 9.17) is 4.74 Å². The molecular formula is C17H18BrN5O5. The highest BCUT2D eigenvalue weighted by Gasteiger charge is 2.44. The molecule has 4 atom stereocenters. The van der Waals surface area contributed by atoms with E-state index in [1.165, 1.54) is 17.2 Å². The molecule has 0 bridgehead atoms. The number of benzene rings is 1. The lowest BCUT2D eigenvalue weighted by Gasteiger charge is -2.16. The molecule has 0 aliphatic carbocycles.